The van der Waals surface area contributed by atoms with Crippen LogP contribution in [0.15, 0.2) is 18.2 Å². The molecule has 0 saturated carbocycles. The summed E-state index contributed by atoms with van der Waals surface area (Å²) in [5.41, 5.74) is 0.660. The van der Waals surface area contributed by atoms with Gasteiger partial charge < -0.3 is 10.4 Å². The molecule has 100 valence electrons. The molecule has 0 amide bonds. The Balaban J connectivity index is 2.09. The Labute approximate surface area is 112 Å². The topological polar surface area (TPSA) is 35.5 Å². The maximum Gasteiger partial charge on any atom is 0.141 e. The van der Waals surface area contributed by atoms with Crippen LogP contribution in [0, 0.1) is 5.82 Å². The highest BCUT2D eigenvalue weighted by Gasteiger charge is 2.24. The molecule has 1 aliphatic heterocycles. The van der Waals surface area contributed by atoms with Gasteiger partial charge in [0, 0.05) is 32.2 Å². The number of aliphatic hydroxyl groups is 1. The van der Waals surface area contributed by atoms with Crippen molar-refractivity contribution in [2.75, 3.05) is 26.2 Å². The highest BCUT2D eigenvalue weighted by atomic mass is 35.5. The minimum absolute atomic E-state index is 0.00590. The fraction of sp³-hybridized carbons (Fsp3) is 0.538. The van der Waals surface area contributed by atoms with Gasteiger partial charge in [-0.3, -0.25) is 4.90 Å². The molecular weight excluding hydrogens is 255 g/mol. The zero-order chi connectivity index (χ0) is 13.1. The van der Waals surface area contributed by atoms with Crippen molar-refractivity contribution in [3.8, 4) is 0 Å². The van der Waals surface area contributed by atoms with E-state index in [9.17, 15) is 9.50 Å². The monoisotopic (exact) mass is 272 g/mol. The van der Waals surface area contributed by atoms with Crippen LogP contribution in [-0.2, 0) is 0 Å². The van der Waals surface area contributed by atoms with Gasteiger partial charge in [-0.25, -0.2) is 4.39 Å². The highest BCUT2D eigenvalue weighted by molar-refractivity contribution is 6.30. The first-order valence-corrected chi connectivity index (χ1v) is 6.55. The van der Waals surface area contributed by atoms with Gasteiger partial charge >= 0.3 is 0 Å². The first kappa shape index (κ1) is 13.7. The average Bonchev–Trinajstić information content (AvgIpc) is 2.41. The second-order valence-electron chi connectivity index (χ2n) is 4.64. The van der Waals surface area contributed by atoms with Crippen molar-refractivity contribution in [1.29, 1.82) is 0 Å². The quantitative estimate of drug-likeness (QED) is 0.881. The summed E-state index contributed by atoms with van der Waals surface area (Å²) in [7, 11) is 0. The van der Waals surface area contributed by atoms with E-state index in [0.29, 0.717) is 5.56 Å². The van der Waals surface area contributed by atoms with Crippen molar-refractivity contribution in [3.05, 3.63) is 34.6 Å². The number of benzene rings is 1. The smallest absolute Gasteiger partial charge is 0.141 e. The van der Waals surface area contributed by atoms with Crippen LogP contribution < -0.4 is 5.32 Å². The predicted octanol–water partition coefficient (Wildman–Crippen LogP) is 1.81. The van der Waals surface area contributed by atoms with Crippen LogP contribution in [0.5, 0.6) is 0 Å². The summed E-state index contributed by atoms with van der Waals surface area (Å²) in [6.07, 6.45) is -0.652. The molecule has 0 aliphatic carbocycles. The Morgan fingerprint density at radius 2 is 2.06 bits per heavy atom. The lowest BCUT2D eigenvalue weighted by atomic mass is 10.0. The van der Waals surface area contributed by atoms with Crippen LogP contribution in [0.25, 0.3) is 0 Å². The Kier molecular flexibility index (Phi) is 4.56. The minimum Gasteiger partial charge on any atom is -0.387 e. The molecule has 18 heavy (non-hydrogen) atoms. The van der Waals surface area contributed by atoms with E-state index in [-0.39, 0.29) is 11.1 Å². The van der Waals surface area contributed by atoms with Crippen molar-refractivity contribution in [3.63, 3.8) is 0 Å². The number of rotatable bonds is 3. The summed E-state index contributed by atoms with van der Waals surface area (Å²) < 4.78 is 13.1. The fourth-order valence-electron chi connectivity index (χ4n) is 2.26. The molecule has 2 unspecified atom stereocenters. The third kappa shape index (κ3) is 3.01. The van der Waals surface area contributed by atoms with Crippen LogP contribution in [-0.4, -0.2) is 42.2 Å². The Morgan fingerprint density at radius 1 is 1.39 bits per heavy atom. The zero-order valence-corrected chi connectivity index (χ0v) is 11.1. The molecule has 2 N–H and O–H groups in total. The van der Waals surface area contributed by atoms with Gasteiger partial charge in [-0.05, 0) is 24.6 Å². The largest absolute Gasteiger partial charge is 0.387 e. The lowest BCUT2D eigenvalue weighted by Gasteiger charge is -2.35. The molecule has 5 heteroatoms. The SMILES string of the molecule is CC(C(O)c1ccc(F)c(Cl)c1)N1CCNCC1. The molecule has 1 fully saturated rings. The van der Waals surface area contributed by atoms with Gasteiger partial charge in [0.25, 0.3) is 0 Å². The molecule has 0 bridgehead atoms. The Bertz CT molecular complexity index is 410. The molecule has 0 aromatic heterocycles. The van der Waals surface area contributed by atoms with Gasteiger partial charge in [-0.15, -0.1) is 0 Å². The van der Waals surface area contributed by atoms with Crippen LogP contribution in [0.3, 0.4) is 0 Å². The summed E-state index contributed by atoms with van der Waals surface area (Å²) in [4.78, 5) is 2.22. The summed E-state index contributed by atoms with van der Waals surface area (Å²) in [5.74, 6) is -0.456. The number of hydrogen-bond donors (Lipinski definition) is 2. The molecule has 1 heterocycles. The van der Waals surface area contributed by atoms with Crippen molar-refractivity contribution in [2.24, 2.45) is 0 Å². The number of halogens is 2. The second kappa shape index (κ2) is 5.97. The van der Waals surface area contributed by atoms with Crippen LogP contribution in [0.1, 0.15) is 18.6 Å². The van der Waals surface area contributed by atoms with Crippen LogP contribution >= 0.6 is 11.6 Å². The van der Waals surface area contributed by atoms with Crippen molar-refractivity contribution in [1.82, 2.24) is 10.2 Å². The minimum atomic E-state index is -0.652. The molecule has 1 saturated heterocycles. The maximum atomic E-state index is 13.1. The third-order valence-corrected chi connectivity index (χ3v) is 3.76. The van der Waals surface area contributed by atoms with Crippen molar-refractivity contribution >= 4 is 11.6 Å². The lowest BCUT2D eigenvalue weighted by molar-refractivity contribution is 0.0510. The maximum absolute atomic E-state index is 13.1. The van der Waals surface area contributed by atoms with Gasteiger partial charge in [0.2, 0.25) is 0 Å². The number of hydrogen-bond acceptors (Lipinski definition) is 3. The number of nitrogens with zero attached hydrogens (tertiary/aromatic N) is 1. The molecule has 1 aromatic rings. The molecule has 1 aromatic carbocycles. The Hall–Kier alpha value is -0.680. The second-order valence-corrected chi connectivity index (χ2v) is 5.05. The number of piperazine rings is 1. The van der Waals surface area contributed by atoms with E-state index in [2.05, 4.69) is 10.2 Å². The van der Waals surface area contributed by atoms with Gasteiger partial charge in [-0.1, -0.05) is 17.7 Å². The van der Waals surface area contributed by atoms with Gasteiger partial charge in [0.1, 0.15) is 5.82 Å². The Morgan fingerprint density at radius 3 is 2.67 bits per heavy atom. The first-order valence-electron chi connectivity index (χ1n) is 6.17. The molecular formula is C13H18ClFN2O. The van der Waals surface area contributed by atoms with Gasteiger partial charge in [0.05, 0.1) is 11.1 Å². The van der Waals surface area contributed by atoms with E-state index >= 15 is 0 Å². The molecule has 0 radical (unpaired) electrons. The molecule has 0 spiro atoms. The summed E-state index contributed by atoms with van der Waals surface area (Å²) in [5, 5.41) is 13.6. The predicted molar refractivity (Wildman–Crippen MR) is 70.3 cm³/mol. The standard InChI is InChI=1S/C13H18ClFN2O/c1-9(17-6-4-16-5-7-17)13(18)10-2-3-12(15)11(14)8-10/h2-3,8-9,13,16,18H,4-7H2,1H3. The molecule has 2 rings (SSSR count). The van der Waals surface area contributed by atoms with E-state index in [1.165, 1.54) is 12.1 Å². The van der Waals surface area contributed by atoms with Gasteiger partial charge in [0.15, 0.2) is 0 Å². The molecule has 1 aliphatic rings. The molecule has 3 nitrogen and oxygen atoms in total. The average molecular weight is 273 g/mol. The number of aliphatic hydroxyl groups excluding tert-OH is 1. The van der Waals surface area contributed by atoms with E-state index in [1.54, 1.807) is 6.07 Å². The van der Waals surface area contributed by atoms with Crippen LogP contribution in [0.2, 0.25) is 5.02 Å². The van der Waals surface area contributed by atoms with Crippen molar-refractivity contribution < 1.29 is 9.50 Å². The fourth-order valence-corrected chi connectivity index (χ4v) is 2.45. The lowest BCUT2D eigenvalue weighted by Crippen LogP contribution is -2.49. The molecule has 2 atom stereocenters. The zero-order valence-electron chi connectivity index (χ0n) is 10.4. The van der Waals surface area contributed by atoms with E-state index < -0.39 is 11.9 Å². The normalized spacial score (nSPS) is 20.7. The van der Waals surface area contributed by atoms with E-state index in [1.807, 2.05) is 6.92 Å². The van der Waals surface area contributed by atoms with Crippen molar-refractivity contribution in [2.45, 2.75) is 19.1 Å². The number of nitrogens with one attached hydrogen (secondary N) is 1. The highest BCUT2D eigenvalue weighted by Crippen LogP contribution is 2.25. The third-order valence-electron chi connectivity index (χ3n) is 3.47. The van der Waals surface area contributed by atoms with Crippen LogP contribution in [0.4, 0.5) is 4.39 Å². The summed E-state index contributed by atoms with van der Waals surface area (Å²) >= 11 is 5.74. The van der Waals surface area contributed by atoms with E-state index in [4.69, 9.17) is 11.6 Å². The van der Waals surface area contributed by atoms with E-state index in [0.717, 1.165) is 26.2 Å². The summed E-state index contributed by atoms with van der Waals surface area (Å²) in [6, 6.07) is 4.38. The summed E-state index contributed by atoms with van der Waals surface area (Å²) in [6.45, 7) is 5.66. The first-order chi connectivity index (χ1) is 8.59. The van der Waals surface area contributed by atoms with Gasteiger partial charge in [-0.2, -0.15) is 0 Å².